The molecule has 0 amide bonds. The predicted octanol–water partition coefficient (Wildman–Crippen LogP) is 0.0558. The molecule has 2 saturated heterocycles. The Morgan fingerprint density at radius 3 is 2.94 bits per heavy atom. The van der Waals surface area contributed by atoms with Crippen molar-refractivity contribution in [3.05, 3.63) is 32.6 Å². The van der Waals surface area contributed by atoms with Crippen molar-refractivity contribution in [3.8, 4) is 12.3 Å². The maximum atomic E-state index is 15.3. The number of terminal acetylenes is 1. The first-order chi connectivity index (χ1) is 15.2. The van der Waals surface area contributed by atoms with Crippen molar-refractivity contribution in [1.82, 2.24) is 13.9 Å². The quantitative estimate of drug-likeness (QED) is 0.257. The number of carbonyl (C=O) groups excluding carboxylic acids is 1. The molecular formula is C19H25FN4O7S. The first-order valence-electron chi connectivity index (χ1n) is 9.97. The summed E-state index contributed by atoms with van der Waals surface area (Å²) in [5, 5.41) is 0. The van der Waals surface area contributed by atoms with Gasteiger partial charge in [0.2, 0.25) is 0 Å². The van der Waals surface area contributed by atoms with Crippen molar-refractivity contribution < 1.29 is 27.1 Å². The molecule has 0 aliphatic carbocycles. The molecule has 2 fully saturated rings. The number of aromatic amines is 1. The number of hydrogen-bond acceptors (Lipinski definition) is 8. The van der Waals surface area contributed by atoms with Gasteiger partial charge in [-0.1, -0.05) is 5.92 Å². The smallest absolute Gasteiger partial charge is 0.330 e. The fourth-order valence-corrected chi connectivity index (χ4v) is 5.33. The Hall–Kier alpha value is -2.53. The number of aryl methyl sites for hydroxylation is 1. The monoisotopic (exact) mass is 472 g/mol. The van der Waals surface area contributed by atoms with Crippen LogP contribution >= 0.6 is 0 Å². The number of esters is 1. The lowest BCUT2D eigenvalue weighted by Crippen LogP contribution is -2.40. The van der Waals surface area contributed by atoms with Gasteiger partial charge in [-0.2, -0.15) is 12.9 Å². The van der Waals surface area contributed by atoms with Crippen LogP contribution in [0.15, 0.2) is 20.1 Å². The third-order valence-electron chi connectivity index (χ3n) is 5.36. The molecule has 176 valence electrons. The molecule has 0 saturated carbocycles. The Kier molecular flexibility index (Phi) is 7.50. The summed E-state index contributed by atoms with van der Waals surface area (Å²) in [7, 11) is -3.28. The summed E-state index contributed by atoms with van der Waals surface area (Å²) in [5.74, 6) is 1.61. The number of ether oxygens (including phenoxy) is 3. The summed E-state index contributed by atoms with van der Waals surface area (Å²) in [6.45, 7) is 1.48. The lowest BCUT2D eigenvalue weighted by Gasteiger charge is -2.22. The van der Waals surface area contributed by atoms with Crippen LogP contribution < -0.4 is 11.2 Å². The zero-order chi connectivity index (χ0) is 23.5. The third kappa shape index (κ3) is 5.09. The molecule has 0 aromatic carbocycles. The average Bonchev–Trinajstić information content (AvgIpc) is 3.38. The third-order valence-corrected chi connectivity index (χ3v) is 6.91. The van der Waals surface area contributed by atoms with Crippen molar-refractivity contribution in [3.63, 3.8) is 0 Å². The van der Waals surface area contributed by atoms with Gasteiger partial charge < -0.3 is 14.2 Å². The molecule has 0 spiro atoms. The minimum absolute atomic E-state index is 0.00683. The van der Waals surface area contributed by atoms with Crippen LogP contribution in [0.4, 0.5) is 3.89 Å². The molecule has 5 atom stereocenters. The molecule has 11 nitrogen and oxygen atoms in total. The summed E-state index contributed by atoms with van der Waals surface area (Å²) in [6, 6.07) is -1.96. The zero-order valence-electron chi connectivity index (χ0n) is 17.7. The summed E-state index contributed by atoms with van der Waals surface area (Å²) in [5.41, 5.74) is -0.962. The second-order valence-corrected chi connectivity index (χ2v) is 9.03. The van der Waals surface area contributed by atoms with Gasteiger partial charge in [-0.15, -0.1) is 10.3 Å². The van der Waals surface area contributed by atoms with Crippen molar-refractivity contribution in [2.24, 2.45) is 4.36 Å². The van der Waals surface area contributed by atoms with Gasteiger partial charge in [-0.3, -0.25) is 19.1 Å². The van der Waals surface area contributed by atoms with Crippen molar-refractivity contribution in [1.29, 1.82) is 0 Å². The maximum absolute atomic E-state index is 15.3. The summed E-state index contributed by atoms with van der Waals surface area (Å²) in [4.78, 5) is 38.0. The highest BCUT2D eigenvalue weighted by molar-refractivity contribution is 7.86. The van der Waals surface area contributed by atoms with Crippen LogP contribution in [-0.4, -0.2) is 69.1 Å². The number of nitrogens with one attached hydrogen (secondary N) is 1. The molecule has 2 aliphatic rings. The Labute approximate surface area is 184 Å². The van der Waals surface area contributed by atoms with Gasteiger partial charge in [0.25, 0.3) is 15.9 Å². The Balaban J connectivity index is 1.91. The van der Waals surface area contributed by atoms with Crippen LogP contribution in [0.5, 0.6) is 0 Å². The normalized spacial score (nSPS) is 27.6. The fourth-order valence-electron chi connectivity index (χ4n) is 3.79. The van der Waals surface area contributed by atoms with E-state index in [-0.39, 0.29) is 31.7 Å². The van der Waals surface area contributed by atoms with Crippen LogP contribution in [0.1, 0.15) is 31.1 Å². The second-order valence-electron chi connectivity index (χ2n) is 7.49. The number of aromatic nitrogens is 2. The maximum Gasteiger partial charge on any atom is 0.330 e. The standard InChI is InChI=1S/C19H25FN4O7S/c1-4-8-30-11-15-13(9-16(31-15)23-10-12(2)17(25)21-19(23)27)22-32(20,28)24-7-5-6-14(24)18(26)29-3/h1,10,13-16H,5-9,11H2,2-3H3,(H,21,25,27)/t13-,14-,15+,16+,32?/m0/s1. The first kappa shape index (κ1) is 24.1. The van der Waals surface area contributed by atoms with Gasteiger partial charge in [0.1, 0.15) is 25.0 Å². The number of methoxy groups -OCH3 is 1. The number of carbonyl (C=O) groups is 1. The molecule has 32 heavy (non-hydrogen) atoms. The van der Waals surface area contributed by atoms with E-state index in [4.69, 9.17) is 15.9 Å². The van der Waals surface area contributed by atoms with Gasteiger partial charge in [-0.25, -0.2) is 4.79 Å². The highest BCUT2D eigenvalue weighted by Gasteiger charge is 2.42. The van der Waals surface area contributed by atoms with E-state index < -0.39 is 51.9 Å². The van der Waals surface area contributed by atoms with E-state index in [0.29, 0.717) is 12.8 Å². The van der Waals surface area contributed by atoms with E-state index in [2.05, 4.69) is 20.0 Å². The van der Waals surface area contributed by atoms with Gasteiger partial charge in [0, 0.05) is 24.7 Å². The zero-order valence-corrected chi connectivity index (χ0v) is 18.5. The first-order valence-corrected chi connectivity index (χ1v) is 11.3. The van der Waals surface area contributed by atoms with Crippen LogP contribution in [0.3, 0.4) is 0 Å². The molecule has 0 bridgehead atoms. The van der Waals surface area contributed by atoms with E-state index in [0.717, 1.165) is 8.87 Å². The lowest BCUT2D eigenvalue weighted by atomic mass is 10.1. The minimum Gasteiger partial charge on any atom is -0.468 e. The van der Waals surface area contributed by atoms with Gasteiger partial charge in [0.05, 0.1) is 19.8 Å². The van der Waals surface area contributed by atoms with E-state index in [1.807, 2.05) is 0 Å². The van der Waals surface area contributed by atoms with E-state index >= 15 is 3.89 Å². The number of hydrogen-bond donors (Lipinski definition) is 1. The van der Waals surface area contributed by atoms with Gasteiger partial charge in [-0.05, 0) is 19.8 Å². The predicted molar refractivity (Wildman–Crippen MR) is 111 cm³/mol. The highest BCUT2D eigenvalue weighted by Crippen LogP contribution is 2.33. The highest BCUT2D eigenvalue weighted by atomic mass is 32.3. The largest absolute Gasteiger partial charge is 0.468 e. The van der Waals surface area contributed by atoms with E-state index in [1.54, 1.807) is 0 Å². The molecule has 1 unspecified atom stereocenters. The lowest BCUT2D eigenvalue weighted by molar-refractivity contribution is -0.144. The molecule has 13 heteroatoms. The molecular weight excluding hydrogens is 447 g/mol. The molecule has 3 rings (SSSR count). The van der Waals surface area contributed by atoms with E-state index in [9.17, 15) is 18.6 Å². The second kappa shape index (κ2) is 9.95. The van der Waals surface area contributed by atoms with Crippen LogP contribution in [0.25, 0.3) is 0 Å². The molecule has 1 N–H and O–H groups in total. The average molecular weight is 472 g/mol. The number of halogens is 1. The van der Waals surface area contributed by atoms with Crippen LogP contribution in [-0.2, 0) is 29.3 Å². The van der Waals surface area contributed by atoms with Crippen LogP contribution in [0.2, 0.25) is 0 Å². The Morgan fingerprint density at radius 1 is 1.50 bits per heavy atom. The van der Waals surface area contributed by atoms with Crippen molar-refractivity contribution in [2.45, 2.75) is 50.6 Å². The van der Waals surface area contributed by atoms with Crippen molar-refractivity contribution in [2.75, 3.05) is 26.9 Å². The van der Waals surface area contributed by atoms with Gasteiger partial charge >= 0.3 is 11.7 Å². The number of H-pyrrole nitrogens is 1. The van der Waals surface area contributed by atoms with Crippen molar-refractivity contribution >= 4 is 16.3 Å². The summed E-state index contributed by atoms with van der Waals surface area (Å²) < 4.78 is 50.0. The fraction of sp³-hybridized carbons (Fsp3) is 0.632. The molecule has 1 aromatic heterocycles. The molecule has 2 aliphatic heterocycles. The number of rotatable bonds is 7. The molecule has 1 aromatic rings. The Bertz CT molecular complexity index is 1130. The topological polar surface area (TPSA) is 132 Å². The SMILES string of the molecule is C#CCOC[C@H]1O[C@@H](n2cc(C)c(=O)[nH]c2=O)C[C@@H]1N=S(=O)(F)N1CCC[C@H]1C(=O)OC. The molecule has 3 heterocycles. The summed E-state index contributed by atoms with van der Waals surface area (Å²) >= 11 is 0. The van der Waals surface area contributed by atoms with Crippen LogP contribution in [0, 0.1) is 19.3 Å². The van der Waals surface area contributed by atoms with Gasteiger partial charge in [0.15, 0.2) is 0 Å². The summed E-state index contributed by atoms with van der Waals surface area (Å²) in [6.07, 6.45) is 5.50. The molecule has 0 radical (unpaired) electrons. The van der Waals surface area contributed by atoms with E-state index in [1.165, 1.54) is 20.2 Å². The Morgan fingerprint density at radius 2 is 2.25 bits per heavy atom. The number of nitrogens with zero attached hydrogens (tertiary/aromatic N) is 3. The minimum atomic E-state index is -4.46.